The van der Waals surface area contributed by atoms with E-state index in [2.05, 4.69) is 20.6 Å². The Morgan fingerprint density at radius 3 is 2.44 bits per heavy atom. The molecule has 0 radical (unpaired) electrons. The number of nitrogens with one attached hydrogen (secondary N) is 2. The van der Waals surface area contributed by atoms with Crippen LogP contribution in [0.1, 0.15) is 18.1 Å². The number of fused-ring (bicyclic) bond motifs is 1. The molecule has 1 saturated heterocycles. The molecule has 34 heavy (non-hydrogen) atoms. The number of hydrogen-bond acceptors (Lipinski definition) is 6. The first-order chi connectivity index (χ1) is 16.4. The predicted molar refractivity (Wildman–Crippen MR) is 127 cm³/mol. The molecule has 0 unspecified atom stereocenters. The zero-order chi connectivity index (χ0) is 23.7. The summed E-state index contributed by atoms with van der Waals surface area (Å²) < 4.78 is 46.7. The van der Waals surface area contributed by atoms with Crippen molar-refractivity contribution >= 4 is 23.0 Å². The van der Waals surface area contributed by atoms with Gasteiger partial charge in [0.25, 0.3) is 0 Å². The first kappa shape index (κ1) is 22.2. The van der Waals surface area contributed by atoms with Crippen molar-refractivity contribution in [1.29, 1.82) is 0 Å². The fourth-order valence-electron chi connectivity index (χ4n) is 4.20. The lowest BCUT2D eigenvalue weighted by molar-refractivity contribution is -0.137. The zero-order valence-corrected chi connectivity index (χ0v) is 18.6. The molecule has 2 N–H and O–H groups in total. The van der Waals surface area contributed by atoms with Crippen LogP contribution >= 0.6 is 0 Å². The van der Waals surface area contributed by atoms with Gasteiger partial charge >= 0.3 is 6.18 Å². The number of nitrogens with zero attached hydrogens (tertiary/aromatic N) is 3. The molecule has 0 amide bonds. The minimum absolute atomic E-state index is 0.0277. The van der Waals surface area contributed by atoms with Crippen molar-refractivity contribution in [1.82, 2.24) is 9.97 Å². The van der Waals surface area contributed by atoms with Crippen LogP contribution in [0.5, 0.6) is 0 Å². The summed E-state index contributed by atoms with van der Waals surface area (Å²) in [6.07, 6.45) is -4.52. The van der Waals surface area contributed by atoms with Crippen molar-refractivity contribution in [2.75, 3.05) is 48.4 Å². The molecule has 3 aromatic rings. The van der Waals surface area contributed by atoms with Crippen LogP contribution in [0.2, 0.25) is 0 Å². The monoisotopic (exact) mass is 467 g/mol. The molecule has 2 aliphatic heterocycles. The van der Waals surface area contributed by atoms with E-state index in [1.54, 1.807) is 12.1 Å². The fraction of sp³-hybridized carbons (Fsp3) is 0.280. The van der Waals surface area contributed by atoms with Gasteiger partial charge in [0.1, 0.15) is 11.6 Å². The highest BCUT2D eigenvalue weighted by Crippen LogP contribution is 2.37. The topological polar surface area (TPSA) is 62.3 Å². The van der Waals surface area contributed by atoms with Crippen LogP contribution in [-0.2, 0) is 10.9 Å². The molecule has 0 bridgehead atoms. The number of ether oxygens (including phenoxy) is 1. The van der Waals surface area contributed by atoms with Crippen molar-refractivity contribution < 1.29 is 17.9 Å². The molecular formula is C25H24F3N5O. The van der Waals surface area contributed by atoms with Crippen LogP contribution in [-0.4, -0.2) is 42.8 Å². The highest BCUT2D eigenvalue weighted by Gasteiger charge is 2.34. The molecule has 3 heterocycles. The fourth-order valence-corrected chi connectivity index (χ4v) is 4.20. The van der Waals surface area contributed by atoms with Crippen LogP contribution in [0.4, 0.5) is 30.5 Å². The van der Waals surface area contributed by atoms with Gasteiger partial charge in [-0.15, -0.1) is 0 Å². The largest absolute Gasteiger partial charge is 0.417 e. The third-order valence-corrected chi connectivity index (χ3v) is 5.94. The minimum Gasteiger partial charge on any atom is -0.381 e. The van der Waals surface area contributed by atoms with E-state index in [9.17, 15) is 13.2 Å². The van der Waals surface area contributed by atoms with Crippen LogP contribution in [0.3, 0.4) is 0 Å². The summed E-state index contributed by atoms with van der Waals surface area (Å²) in [6, 6.07) is 15.1. The number of rotatable bonds is 4. The molecule has 2 aliphatic rings. The van der Waals surface area contributed by atoms with Gasteiger partial charge in [-0.05, 0) is 24.6 Å². The van der Waals surface area contributed by atoms with Gasteiger partial charge in [0.05, 0.1) is 18.8 Å². The minimum atomic E-state index is -4.52. The number of halogens is 3. The highest BCUT2D eigenvalue weighted by atomic mass is 19.4. The standard InChI is InChI=1S/C25H24F3N5O/c1-16-15-29-20-9-5-3-7-18(20)23(16)30-21-14-22(33-10-12-34-13-11-33)32-24(31-21)17-6-2-4-8-19(17)25(26,27)28/h2-9,14,29H,10-13,15H2,1H3,(H,30,31,32). The summed E-state index contributed by atoms with van der Waals surface area (Å²) in [7, 11) is 0. The Morgan fingerprint density at radius 2 is 1.68 bits per heavy atom. The molecule has 0 atom stereocenters. The molecule has 176 valence electrons. The molecule has 6 nitrogen and oxygen atoms in total. The Morgan fingerprint density at radius 1 is 0.971 bits per heavy atom. The number of alkyl halides is 3. The van der Waals surface area contributed by atoms with Crippen molar-refractivity contribution in [3.63, 3.8) is 0 Å². The molecule has 0 saturated carbocycles. The lowest BCUT2D eigenvalue weighted by Crippen LogP contribution is -2.37. The maximum absolute atomic E-state index is 13.8. The molecule has 9 heteroatoms. The normalized spacial score (nSPS) is 16.2. The van der Waals surface area contributed by atoms with Gasteiger partial charge < -0.3 is 20.3 Å². The summed E-state index contributed by atoms with van der Waals surface area (Å²) in [4.78, 5) is 11.1. The Kier molecular flexibility index (Phi) is 5.87. The van der Waals surface area contributed by atoms with Crippen molar-refractivity contribution in [3.05, 3.63) is 71.3 Å². The number of aromatic nitrogens is 2. The average molecular weight is 467 g/mol. The molecular weight excluding hydrogens is 443 g/mol. The van der Waals surface area contributed by atoms with Crippen LogP contribution in [0, 0.1) is 0 Å². The molecule has 5 rings (SSSR count). The maximum Gasteiger partial charge on any atom is 0.417 e. The Labute approximate surface area is 195 Å². The number of anilines is 3. The number of hydrogen-bond donors (Lipinski definition) is 2. The summed E-state index contributed by atoms with van der Waals surface area (Å²) in [5.74, 6) is 1.03. The molecule has 2 aromatic carbocycles. The van der Waals surface area contributed by atoms with E-state index < -0.39 is 11.7 Å². The van der Waals surface area contributed by atoms with E-state index in [0.717, 1.165) is 28.6 Å². The van der Waals surface area contributed by atoms with Crippen molar-refractivity contribution in [3.8, 4) is 11.4 Å². The third kappa shape index (κ3) is 4.43. The van der Waals surface area contributed by atoms with Gasteiger partial charge in [0, 0.05) is 48.2 Å². The van der Waals surface area contributed by atoms with Crippen molar-refractivity contribution in [2.45, 2.75) is 13.1 Å². The lowest BCUT2D eigenvalue weighted by atomic mass is 10.0. The van der Waals surface area contributed by atoms with Gasteiger partial charge in [0.15, 0.2) is 5.82 Å². The number of benzene rings is 2. The molecule has 1 fully saturated rings. The van der Waals surface area contributed by atoms with E-state index in [4.69, 9.17) is 4.74 Å². The first-order valence-corrected chi connectivity index (χ1v) is 11.1. The van der Waals surface area contributed by atoms with Gasteiger partial charge in [0.2, 0.25) is 0 Å². The van der Waals surface area contributed by atoms with Gasteiger partial charge in [-0.1, -0.05) is 36.4 Å². The summed E-state index contributed by atoms with van der Waals surface area (Å²) >= 11 is 0. The quantitative estimate of drug-likeness (QED) is 0.545. The van der Waals surface area contributed by atoms with E-state index in [0.29, 0.717) is 44.5 Å². The first-order valence-electron chi connectivity index (χ1n) is 11.1. The second kappa shape index (κ2) is 8.98. The zero-order valence-electron chi connectivity index (χ0n) is 18.6. The predicted octanol–water partition coefficient (Wildman–Crippen LogP) is 5.27. The van der Waals surface area contributed by atoms with E-state index in [1.807, 2.05) is 36.1 Å². The van der Waals surface area contributed by atoms with Gasteiger partial charge in [-0.2, -0.15) is 13.2 Å². The van der Waals surface area contributed by atoms with Gasteiger partial charge in [-0.3, -0.25) is 0 Å². The number of morpholine rings is 1. The molecule has 0 aliphatic carbocycles. The Bertz CT molecular complexity index is 1240. The van der Waals surface area contributed by atoms with E-state index >= 15 is 0 Å². The Balaban J connectivity index is 1.61. The third-order valence-electron chi connectivity index (χ3n) is 5.94. The SMILES string of the molecule is CC1=C(Nc2cc(N3CCOCC3)nc(-c3ccccc3C(F)(F)F)n2)c2ccccc2NC1. The van der Waals surface area contributed by atoms with Crippen molar-refractivity contribution in [2.24, 2.45) is 0 Å². The number of para-hydroxylation sites is 1. The molecule has 0 spiro atoms. The van der Waals surface area contributed by atoms with E-state index in [1.165, 1.54) is 12.1 Å². The lowest BCUT2D eigenvalue weighted by Gasteiger charge is -2.29. The second-order valence-electron chi connectivity index (χ2n) is 8.26. The second-order valence-corrected chi connectivity index (χ2v) is 8.26. The van der Waals surface area contributed by atoms with E-state index in [-0.39, 0.29) is 11.4 Å². The van der Waals surface area contributed by atoms with Crippen LogP contribution in [0.25, 0.3) is 17.1 Å². The Hall–Kier alpha value is -3.59. The smallest absolute Gasteiger partial charge is 0.381 e. The maximum atomic E-state index is 13.8. The summed E-state index contributed by atoms with van der Waals surface area (Å²) in [5, 5.41) is 6.76. The summed E-state index contributed by atoms with van der Waals surface area (Å²) in [6.45, 7) is 4.94. The van der Waals surface area contributed by atoms with Crippen LogP contribution < -0.4 is 15.5 Å². The average Bonchev–Trinajstić information content (AvgIpc) is 2.86. The summed E-state index contributed by atoms with van der Waals surface area (Å²) in [5.41, 5.74) is 3.11. The van der Waals surface area contributed by atoms with Gasteiger partial charge in [-0.25, -0.2) is 9.97 Å². The highest BCUT2D eigenvalue weighted by molar-refractivity contribution is 5.87. The molecule has 1 aromatic heterocycles. The van der Waals surface area contributed by atoms with Crippen LogP contribution in [0.15, 0.2) is 60.2 Å².